The fourth-order valence-electron chi connectivity index (χ4n) is 7.74. The van der Waals surface area contributed by atoms with Crippen molar-refractivity contribution in [3.63, 3.8) is 0 Å². The summed E-state index contributed by atoms with van der Waals surface area (Å²) in [5.74, 6) is 1.94. The third kappa shape index (κ3) is 6.98. The van der Waals surface area contributed by atoms with E-state index < -0.39 is 29.8 Å². The molecule has 4 unspecified atom stereocenters. The summed E-state index contributed by atoms with van der Waals surface area (Å²) in [5, 5.41) is 46.0. The van der Waals surface area contributed by atoms with Gasteiger partial charge in [0.05, 0.1) is 41.0 Å². The van der Waals surface area contributed by atoms with Crippen molar-refractivity contribution in [1.82, 2.24) is 0 Å². The second-order valence-corrected chi connectivity index (χ2v) is 14.5. The maximum Gasteiger partial charge on any atom is 0.135 e. The van der Waals surface area contributed by atoms with E-state index >= 15 is 0 Å². The Hall–Kier alpha value is -5.12. The molecule has 4 N–H and O–H groups in total. The van der Waals surface area contributed by atoms with Crippen molar-refractivity contribution in [3.8, 4) is 23.0 Å². The molecule has 0 fully saturated rings. The zero-order chi connectivity index (χ0) is 38.0. The van der Waals surface area contributed by atoms with Gasteiger partial charge in [-0.1, -0.05) is 97.1 Å². The molecule has 6 aromatic carbocycles. The predicted molar refractivity (Wildman–Crippen MR) is 211 cm³/mol. The minimum Gasteiger partial charge on any atom is -0.490 e. The number of hydrogen-bond donors (Lipinski definition) is 4. The lowest BCUT2D eigenvalue weighted by Gasteiger charge is -2.45. The number of ether oxygens (including phenoxy) is 4. The second kappa shape index (κ2) is 15.7. The number of benzene rings is 6. The number of aliphatic hydroxyl groups is 4. The van der Waals surface area contributed by atoms with Crippen LogP contribution < -0.4 is 18.9 Å². The number of hydrogen-bond acceptors (Lipinski definition) is 8. The van der Waals surface area contributed by atoms with E-state index in [4.69, 9.17) is 18.9 Å². The number of aliphatic hydroxyl groups excluding tert-OH is 4. The Morgan fingerprint density at radius 2 is 0.833 bits per heavy atom. The summed E-state index contributed by atoms with van der Waals surface area (Å²) < 4.78 is 27.0. The van der Waals surface area contributed by atoms with E-state index in [0.29, 0.717) is 40.5 Å². The molecule has 1 aliphatic carbocycles. The van der Waals surface area contributed by atoms with Crippen LogP contribution in [0.1, 0.15) is 61.1 Å². The predicted octanol–water partition coefficient (Wildman–Crippen LogP) is 7.32. The lowest BCUT2D eigenvalue weighted by atomic mass is 9.58. The van der Waals surface area contributed by atoms with Gasteiger partial charge in [-0.05, 0) is 79.3 Å². The fraction of sp³-hybridized carbons (Fsp3) is 0.304. The zero-order valence-corrected chi connectivity index (χ0v) is 31.2. The Balaban J connectivity index is 1.77. The topological polar surface area (TPSA) is 118 Å². The normalized spacial score (nSPS) is 15.5. The summed E-state index contributed by atoms with van der Waals surface area (Å²) in [5.41, 5.74) is 3.97. The Labute approximate surface area is 316 Å². The van der Waals surface area contributed by atoms with Crippen LogP contribution in [0.2, 0.25) is 0 Å². The molecule has 280 valence electrons. The molecular weight excluding hydrogens is 680 g/mol. The van der Waals surface area contributed by atoms with Crippen molar-refractivity contribution in [2.45, 2.75) is 63.9 Å². The highest BCUT2D eigenvalue weighted by Gasteiger charge is 2.51. The van der Waals surface area contributed by atoms with Crippen LogP contribution >= 0.6 is 0 Å². The molecule has 0 aliphatic heterocycles. The van der Waals surface area contributed by atoms with E-state index in [2.05, 4.69) is 24.3 Å². The number of rotatable bonds is 14. The van der Waals surface area contributed by atoms with E-state index in [9.17, 15) is 20.4 Å². The van der Waals surface area contributed by atoms with E-state index in [1.165, 1.54) is 0 Å². The monoisotopic (exact) mass is 728 g/mol. The van der Waals surface area contributed by atoms with Crippen LogP contribution in [0, 0.1) is 0 Å². The summed E-state index contributed by atoms with van der Waals surface area (Å²) in [6.45, 7) is 6.70. The van der Waals surface area contributed by atoms with E-state index in [-0.39, 0.29) is 26.4 Å². The van der Waals surface area contributed by atoms with Gasteiger partial charge in [-0.3, -0.25) is 0 Å². The van der Waals surface area contributed by atoms with Crippen molar-refractivity contribution in [2.24, 2.45) is 0 Å². The van der Waals surface area contributed by atoms with Gasteiger partial charge in [0.1, 0.15) is 49.4 Å². The molecule has 0 amide bonds. The van der Waals surface area contributed by atoms with E-state index in [1.807, 2.05) is 84.9 Å². The SMILES string of the molecule is CC(O)COc1cc2ccccc2c(OCC(C)O)c1C1(c2c(OCC(C)O)cc3ccccc3c2OCC(C)O)c2ccccc2Cc2ccccc21. The smallest absolute Gasteiger partial charge is 0.135 e. The summed E-state index contributed by atoms with van der Waals surface area (Å²) >= 11 is 0. The molecule has 8 heteroatoms. The van der Waals surface area contributed by atoms with Gasteiger partial charge in [-0.25, -0.2) is 0 Å². The van der Waals surface area contributed by atoms with Gasteiger partial charge in [0, 0.05) is 10.8 Å². The minimum absolute atomic E-state index is 0.00492. The summed E-state index contributed by atoms with van der Waals surface area (Å²) in [4.78, 5) is 0. The summed E-state index contributed by atoms with van der Waals surface area (Å²) in [6, 6.07) is 36.3. The molecule has 0 radical (unpaired) electrons. The Morgan fingerprint density at radius 1 is 0.481 bits per heavy atom. The van der Waals surface area contributed by atoms with Crippen LogP contribution in [0.25, 0.3) is 21.5 Å². The van der Waals surface area contributed by atoms with Crippen molar-refractivity contribution < 1.29 is 39.4 Å². The first-order chi connectivity index (χ1) is 26.1. The van der Waals surface area contributed by atoms with Crippen molar-refractivity contribution in [1.29, 1.82) is 0 Å². The van der Waals surface area contributed by atoms with Crippen LogP contribution in [-0.2, 0) is 11.8 Å². The van der Waals surface area contributed by atoms with Gasteiger partial charge >= 0.3 is 0 Å². The average molecular weight is 729 g/mol. The van der Waals surface area contributed by atoms with Gasteiger partial charge in [-0.2, -0.15) is 0 Å². The summed E-state index contributed by atoms with van der Waals surface area (Å²) in [6.07, 6.45) is -2.52. The standard InChI is InChI=1S/C46H48O8/c1-28(47)24-51-40-22-32-13-5-9-17-36(32)44(53-26-30(3)49)42(40)46(38-19-11-7-15-34(38)21-35-16-8-12-20-39(35)46)43-41(52-25-29(2)48)23-33-14-6-10-18-37(33)45(43)54-27-31(4)50/h5-20,22-23,28-31,47-50H,21,24-27H2,1-4H3. The zero-order valence-electron chi connectivity index (χ0n) is 31.2. The lowest BCUT2D eigenvalue weighted by Crippen LogP contribution is -2.38. The third-order valence-corrected chi connectivity index (χ3v) is 9.80. The molecule has 1 aliphatic rings. The maximum atomic E-state index is 10.7. The Bertz CT molecular complexity index is 2100. The molecule has 4 atom stereocenters. The van der Waals surface area contributed by atoms with Crippen LogP contribution in [-0.4, -0.2) is 71.3 Å². The first-order valence-electron chi connectivity index (χ1n) is 18.6. The van der Waals surface area contributed by atoms with Gasteiger partial charge in [0.15, 0.2) is 0 Å². The molecule has 0 aromatic heterocycles. The van der Waals surface area contributed by atoms with Crippen LogP contribution in [0.15, 0.2) is 109 Å². The summed E-state index contributed by atoms with van der Waals surface area (Å²) in [7, 11) is 0. The Morgan fingerprint density at radius 3 is 1.24 bits per heavy atom. The van der Waals surface area contributed by atoms with Crippen molar-refractivity contribution in [2.75, 3.05) is 26.4 Å². The Kier molecular flexibility index (Phi) is 10.8. The van der Waals surface area contributed by atoms with Gasteiger partial charge in [0.25, 0.3) is 0 Å². The van der Waals surface area contributed by atoms with Crippen LogP contribution in [0.3, 0.4) is 0 Å². The molecule has 6 aromatic rings. The molecule has 7 rings (SSSR count). The molecule has 0 saturated heterocycles. The van der Waals surface area contributed by atoms with Crippen molar-refractivity contribution in [3.05, 3.63) is 143 Å². The average Bonchev–Trinajstić information content (AvgIpc) is 3.16. The number of fused-ring (bicyclic) bond motifs is 4. The lowest BCUT2D eigenvalue weighted by molar-refractivity contribution is 0.115. The largest absolute Gasteiger partial charge is 0.490 e. The first kappa shape index (κ1) is 37.2. The van der Waals surface area contributed by atoms with Gasteiger partial charge in [0.2, 0.25) is 0 Å². The minimum atomic E-state index is -1.29. The molecule has 0 spiro atoms. The quantitative estimate of drug-likeness (QED) is 0.0921. The molecule has 0 heterocycles. The molecule has 8 nitrogen and oxygen atoms in total. The van der Waals surface area contributed by atoms with E-state index in [1.54, 1.807) is 27.7 Å². The highest BCUT2D eigenvalue weighted by molar-refractivity contribution is 5.97. The molecular formula is C46H48O8. The fourth-order valence-corrected chi connectivity index (χ4v) is 7.74. The molecule has 0 bridgehead atoms. The first-order valence-corrected chi connectivity index (χ1v) is 18.6. The van der Waals surface area contributed by atoms with Crippen LogP contribution in [0.5, 0.6) is 23.0 Å². The molecule has 0 saturated carbocycles. The van der Waals surface area contributed by atoms with Gasteiger partial charge < -0.3 is 39.4 Å². The highest BCUT2D eigenvalue weighted by atomic mass is 16.5. The second-order valence-electron chi connectivity index (χ2n) is 14.5. The maximum absolute atomic E-state index is 10.7. The third-order valence-electron chi connectivity index (χ3n) is 9.80. The molecule has 54 heavy (non-hydrogen) atoms. The van der Waals surface area contributed by atoms with Crippen LogP contribution in [0.4, 0.5) is 0 Å². The van der Waals surface area contributed by atoms with Gasteiger partial charge in [-0.15, -0.1) is 0 Å². The van der Waals surface area contributed by atoms with E-state index in [0.717, 1.165) is 43.8 Å². The van der Waals surface area contributed by atoms with Crippen molar-refractivity contribution >= 4 is 21.5 Å². The highest BCUT2D eigenvalue weighted by Crippen LogP contribution is 2.62.